The molecule has 0 fully saturated rings. The molecular weight excluding hydrogens is 210 g/mol. The van der Waals surface area contributed by atoms with Crippen molar-refractivity contribution in [2.24, 2.45) is 0 Å². The van der Waals surface area contributed by atoms with Gasteiger partial charge in [-0.2, -0.15) is 0 Å². The number of hydrogen-bond donors (Lipinski definition) is 1. The summed E-state index contributed by atoms with van der Waals surface area (Å²) < 4.78 is 0. The van der Waals surface area contributed by atoms with Crippen molar-refractivity contribution in [3.05, 3.63) is 34.9 Å². The van der Waals surface area contributed by atoms with E-state index in [1.165, 1.54) is 0 Å². The lowest BCUT2D eigenvalue weighted by atomic mass is 10.1. The Bertz CT molecular complexity index is 401. The quantitative estimate of drug-likeness (QED) is 0.764. The highest BCUT2D eigenvalue weighted by atomic mass is 35.5. The van der Waals surface area contributed by atoms with Crippen LogP contribution < -0.4 is 5.32 Å². The van der Waals surface area contributed by atoms with Gasteiger partial charge in [0.15, 0.2) is 0 Å². The van der Waals surface area contributed by atoms with Gasteiger partial charge in [0.05, 0.1) is 5.54 Å². The van der Waals surface area contributed by atoms with Crippen LogP contribution in [0.15, 0.2) is 24.3 Å². The molecule has 0 aliphatic carbocycles. The number of halogens is 1. The number of nitrogens with one attached hydrogen (secondary N) is 1. The van der Waals surface area contributed by atoms with Crippen LogP contribution in [0.1, 0.15) is 24.2 Å². The number of terminal acetylenes is 1. The van der Waals surface area contributed by atoms with Gasteiger partial charge < -0.3 is 5.32 Å². The molecule has 0 saturated carbocycles. The van der Waals surface area contributed by atoms with E-state index in [1.807, 2.05) is 0 Å². The van der Waals surface area contributed by atoms with Crippen LogP contribution in [0.4, 0.5) is 0 Å². The molecule has 0 atom stereocenters. The number of amides is 1. The third kappa shape index (κ3) is 3.30. The number of rotatable bonds is 2. The Balaban J connectivity index is 2.79. The average Bonchev–Trinajstić information content (AvgIpc) is 2.18. The van der Waals surface area contributed by atoms with Gasteiger partial charge in [-0.15, -0.1) is 6.42 Å². The molecule has 0 aromatic heterocycles. The minimum Gasteiger partial charge on any atom is -0.336 e. The van der Waals surface area contributed by atoms with Crippen LogP contribution in [0.3, 0.4) is 0 Å². The topological polar surface area (TPSA) is 29.1 Å². The first-order valence-corrected chi connectivity index (χ1v) is 4.88. The Hall–Kier alpha value is -1.46. The maximum Gasteiger partial charge on any atom is 0.252 e. The summed E-state index contributed by atoms with van der Waals surface area (Å²) in [7, 11) is 0. The van der Waals surface area contributed by atoms with Crippen molar-refractivity contribution in [1.29, 1.82) is 0 Å². The Kier molecular flexibility index (Phi) is 3.39. The van der Waals surface area contributed by atoms with Crippen molar-refractivity contribution in [3.63, 3.8) is 0 Å². The average molecular weight is 222 g/mol. The second-order valence-electron chi connectivity index (χ2n) is 3.73. The minimum absolute atomic E-state index is 0.199. The van der Waals surface area contributed by atoms with Crippen molar-refractivity contribution in [1.82, 2.24) is 5.32 Å². The second-order valence-corrected chi connectivity index (χ2v) is 4.17. The molecule has 3 heteroatoms. The molecule has 1 aromatic carbocycles. The van der Waals surface area contributed by atoms with E-state index in [4.69, 9.17) is 18.0 Å². The van der Waals surface area contributed by atoms with Crippen LogP contribution in [0.2, 0.25) is 5.02 Å². The van der Waals surface area contributed by atoms with Gasteiger partial charge >= 0.3 is 0 Å². The lowest BCUT2D eigenvalue weighted by Crippen LogP contribution is -2.42. The first-order chi connectivity index (χ1) is 6.94. The van der Waals surface area contributed by atoms with E-state index < -0.39 is 5.54 Å². The third-order valence-electron chi connectivity index (χ3n) is 1.89. The van der Waals surface area contributed by atoms with E-state index in [9.17, 15) is 4.79 Å². The Morgan fingerprint density at radius 3 is 2.40 bits per heavy atom. The maximum absolute atomic E-state index is 11.7. The lowest BCUT2D eigenvalue weighted by molar-refractivity contribution is 0.0930. The standard InChI is InChI=1S/C12H12ClNO/c1-4-12(2,3)14-11(15)9-5-7-10(13)8-6-9/h1,5-8H,2-3H3,(H,14,15). The zero-order valence-electron chi connectivity index (χ0n) is 8.67. The van der Waals surface area contributed by atoms with Gasteiger partial charge in [0.25, 0.3) is 5.91 Å². The number of hydrogen-bond acceptors (Lipinski definition) is 1. The SMILES string of the molecule is C#CC(C)(C)NC(=O)c1ccc(Cl)cc1. The summed E-state index contributed by atoms with van der Waals surface area (Å²) >= 11 is 5.71. The number of carbonyl (C=O) groups excluding carboxylic acids is 1. The molecule has 0 unspecified atom stereocenters. The largest absolute Gasteiger partial charge is 0.336 e. The molecule has 15 heavy (non-hydrogen) atoms. The monoisotopic (exact) mass is 221 g/mol. The van der Waals surface area contributed by atoms with E-state index in [2.05, 4.69) is 11.2 Å². The van der Waals surface area contributed by atoms with Gasteiger partial charge in [-0.05, 0) is 38.1 Å². The molecule has 1 aromatic rings. The van der Waals surface area contributed by atoms with E-state index in [1.54, 1.807) is 38.1 Å². The van der Waals surface area contributed by atoms with Crippen LogP contribution in [-0.2, 0) is 0 Å². The highest BCUT2D eigenvalue weighted by molar-refractivity contribution is 6.30. The molecule has 2 nitrogen and oxygen atoms in total. The Morgan fingerprint density at radius 1 is 1.40 bits per heavy atom. The molecule has 0 bridgehead atoms. The molecule has 0 spiro atoms. The van der Waals surface area contributed by atoms with Crippen LogP contribution in [0.25, 0.3) is 0 Å². The predicted octanol–water partition coefficient (Wildman–Crippen LogP) is 2.48. The molecule has 0 aliphatic rings. The van der Waals surface area contributed by atoms with Crippen LogP contribution in [0.5, 0.6) is 0 Å². The Morgan fingerprint density at radius 2 is 1.93 bits per heavy atom. The van der Waals surface area contributed by atoms with E-state index in [0.29, 0.717) is 10.6 Å². The molecule has 78 valence electrons. The van der Waals surface area contributed by atoms with Crippen molar-refractivity contribution in [2.45, 2.75) is 19.4 Å². The van der Waals surface area contributed by atoms with E-state index in [0.717, 1.165) is 0 Å². The second kappa shape index (κ2) is 4.37. The van der Waals surface area contributed by atoms with Crippen molar-refractivity contribution in [3.8, 4) is 12.3 Å². The fourth-order valence-electron chi connectivity index (χ4n) is 0.993. The maximum atomic E-state index is 11.7. The normalized spacial score (nSPS) is 10.5. The predicted molar refractivity (Wildman–Crippen MR) is 61.8 cm³/mol. The molecule has 0 aliphatic heterocycles. The molecular formula is C12H12ClNO. The van der Waals surface area contributed by atoms with Crippen LogP contribution in [0, 0.1) is 12.3 Å². The zero-order chi connectivity index (χ0) is 11.5. The van der Waals surface area contributed by atoms with Crippen molar-refractivity contribution >= 4 is 17.5 Å². The summed E-state index contributed by atoms with van der Waals surface area (Å²) in [6.07, 6.45) is 5.27. The van der Waals surface area contributed by atoms with Gasteiger partial charge in [0.2, 0.25) is 0 Å². The number of benzene rings is 1. The summed E-state index contributed by atoms with van der Waals surface area (Å²) in [4.78, 5) is 11.7. The highest BCUT2D eigenvalue weighted by Crippen LogP contribution is 2.10. The highest BCUT2D eigenvalue weighted by Gasteiger charge is 2.17. The van der Waals surface area contributed by atoms with E-state index >= 15 is 0 Å². The molecule has 1 rings (SSSR count). The van der Waals surface area contributed by atoms with Gasteiger partial charge in [-0.25, -0.2) is 0 Å². The minimum atomic E-state index is -0.642. The summed E-state index contributed by atoms with van der Waals surface area (Å²) in [6, 6.07) is 6.65. The Labute approximate surface area is 94.6 Å². The molecule has 0 saturated heterocycles. The fraction of sp³-hybridized carbons (Fsp3) is 0.250. The van der Waals surface area contributed by atoms with Gasteiger partial charge in [0.1, 0.15) is 0 Å². The third-order valence-corrected chi connectivity index (χ3v) is 2.15. The summed E-state index contributed by atoms with van der Waals surface area (Å²) in [5.74, 6) is 2.30. The first-order valence-electron chi connectivity index (χ1n) is 4.50. The van der Waals surface area contributed by atoms with E-state index in [-0.39, 0.29) is 5.91 Å². The molecule has 1 N–H and O–H groups in total. The van der Waals surface area contributed by atoms with Gasteiger partial charge in [-0.3, -0.25) is 4.79 Å². The lowest BCUT2D eigenvalue weighted by Gasteiger charge is -2.19. The smallest absolute Gasteiger partial charge is 0.252 e. The van der Waals surface area contributed by atoms with Crippen LogP contribution in [-0.4, -0.2) is 11.4 Å². The van der Waals surface area contributed by atoms with Crippen molar-refractivity contribution < 1.29 is 4.79 Å². The summed E-state index contributed by atoms with van der Waals surface area (Å²) in [5, 5.41) is 3.32. The summed E-state index contributed by atoms with van der Waals surface area (Å²) in [5.41, 5.74) is -0.0980. The molecule has 0 heterocycles. The number of carbonyl (C=O) groups is 1. The van der Waals surface area contributed by atoms with Gasteiger partial charge in [0, 0.05) is 10.6 Å². The molecule has 0 radical (unpaired) electrons. The molecule has 1 amide bonds. The van der Waals surface area contributed by atoms with Crippen molar-refractivity contribution in [2.75, 3.05) is 0 Å². The summed E-state index contributed by atoms with van der Waals surface area (Å²) in [6.45, 7) is 3.53. The van der Waals surface area contributed by atoms with Crippen LogP contribution >= 0.6 is 11.6 Å². The fourth-order valence-corrected chi connectivity index (χ4v) is 1.12. The van der Waals surface area contributed by atoms with Gasteiger partial charge in [-0.1, -0.05) is 17.5 Å². The first kappa shape index (κ1) is 11.6. The zero-order valence-corrected chi connectivity index (χ0v) is 9.43.